The molecule has 1 heterocycles. The molecular weight excluding hydrogens is 306 g/mol. The number of anilines is 1. The second kappa shape index (κ2) is 5.20. The summed E-state index contributed by atoms with van der Waals surface area (Å²) in [6.07, 6.45) is 10.9. The monoisotopic (exact) mass is 331 g/mol. The lowest BCUT2D eigenvalue weighted by Crippen LogP contribution is -2.51. The van der Waals surface area contributed by atoms with Gasteiger partial charge in [0.1, 0.15) is 0 Å². The summed E-state index contributed by atoms with van der Waals surface area (Å²) in [5.41, 5.74) is 1.56. The summed E-state index contributed by atoms with van der Waals surface area (Å²) in [6, 6.07) is -0.0718. The molecule has 4 nitrogen and oxygen atoms in total. The Morgan fingerprint density at radius 2 is 1.83 bits per heavy atom. The van der Waals surface area contributed by atoms with Crippen molar-refractivity contribution < 1.29 is 4.79 Å². The Bertz CT molecular complexity index is 586. The van der Waals surface area contributed by atoms with Crippen LogP contribution in [0, 0.1) is 23.2 Å². The molecule has 1 aromatic heterocycles. The molecule has 2 N–H and O–H groups in total. The number of hydrogen-bond donors (Lipinski definition) is 2. The molecule has 23 heavy (non-hydrogen) atoms. The van der Waals surface area contributed by atoms with Gasteiger partial charge in [-0.3, -0.25) is 5.32 Å². The SMILES string of the molecule is O=C(NCC12CC3CC(CC(C3)C1)C2)Nc1nc(C2CC2)cs1. The summed E-state index contributed by atoms with van der Waals surface area (Å²) in [4.78, 5) is 16.8. The molecule has 2 amide bonds. The van der Waals surface area contributed by atoms with Crippen LogP contribution in [0.15, 0.2) is 5.38 Å². The van der Waals surface area contributed by atoms with E-state index in [1.807, 2.05) is 0 Å². The normalized spacial score (nSPS) is 37.8. The van der Waals surface area contributed by atoms with Gasteiger partial charge in [0.25, 0.3) is 0 Å². The van der Waals surface area contributed by atoms with E-state index in [1.165, 1.54) is 51.4 Å². The number of amides is 2. The summed E-state index contributed by atoms with van der Waals surface area (Å²) in [6.45, 7) is 0.850. The molecule has 0 aromatic carbocycles. The standard InChI is InChI=1S/C18H25N3OS/c22-16(21-17-20-15(9-23-17)14-1-2-14)19-10-18-6-11-3-12(7-18)5-13(4-11)8-18/h9,11-14H,1-8,10H2,(H2,19,20,21,22). The third kappa shape index (κ3) is 2.77. The minimum atomic E-state index is -0.0718. The number of thiazole rings is 1. The molecule has 0 atom stereocenters. The zero-order chi connectivity index (χ0) is 15.4. The first kappa shape index (κ1) is 14.3. The predicted molar refractivity (Wildman–Crippen MR) is 91.7 cm³/mol. The quantitative estimate of drug-likeness (QED) is 0.861. The van der Waals surface area contributed by atoms with E-state index in [0.717, 1.165) is 35.1 Å². The summed E-state index contributed by atoms with van der Waals surface area (Å²) in [5.74, 6) is 3.46. The predicted octanol–water partition coefficient (Wildman–Crippen LogP) is 4.36. The summed E-state index contributed by atoms with van der Waals surface area (Å²) in [7, 11) is 0. The van der Waals surface area contributed by atoms with Crippen molar-refractivity contribution in [1.29, 1.82) is 0 Å². The molecule has 124 valence electrons. The molecule has 5 saturated carbocycles. The second-order valence-corrected chi connectivity index (χ2v) is 9.44. The van der Waals surface area contributed by atoms with Gasteiger partial charge in [0.05, 0.1) is 5.69 Å². The van der Waals surface area contributed by atoms with Crippen molar-refractivity contribution in [3.63, 3.8) is 0 Å². The first-order valence-corrected chi connectivity index (χ1v) is 10.1. The molecule has 0 unspecified atom stereocenters. The van der Waals surface area contributed by atoms with Crippen LogP contribution in [0.5, 0.6) is 0 Å². The van der Waals surface area contributed by atoms with Crippen LogP contribution in [0.25, 0.3) is 0 Å². The van der Waals surface area contributed by atoms with E-state index in [0.29, 0.717) is 11.3 Å². The fraction of sp³-hybridized carbons (Fsp3) is 0.778. The van der Waals surface area contributed by atoms with E-state index < -0.39 is 0 Å². The number of hydrogen-bond acceptors (Lipinski definition) is 3. The van der Waals surface area contributed by atoms with Crippen LogP contribution in [0.2, 0.25) is 0 Å². The van der Waals surface area contributed by atoms with Crippen LogP contribution in [-0.4, -0.2) is 17.6 Å². The fourth-order valence-corrected chi connectivity index (χ4v) is 6.61. The highest BCUT2D eigenvalue weighted by molar-refractivity contribution is 7.13. The van der Waals surface area contributed by atoms with Gasteiger partial charge in [0.2, 0.25) is 0 Å². The van der Waals surface area contributed by atoms with E-state index in [1.54, 1.807) is 11.3 Å². The molecule has 5 heteroatoms. The van der Waals surface area contributed by atoms with Gasteiger partial charge in [0.15, 0.2) is 5.13 Å². The molecule has 0 radical (unpaired) electrons. The zero-order valence-corrected chi connectivity index (χ0v) is 14.3. The Hall–Kier alpha value is -1.10. The Morgan fingerprint density at radius 1 is 1.17 bits per heavy atom. The summed E-state index contributed by atoms with van der Waals surface area (Å²) >= 11 is 1.55. The number of nitrogens with one attached hydrogen (secondary N) is 2. The maximum absolute atomic E-state index is 12.2. The van der Waals surface area contributed by atoms with Crippen LogP contribution in [0.4, 0.5) is 9.93 Å². The summed E-state index contributed by atoms with van der Waals surface area (Å²) in [5, 5.41) is 8.93. The van der Waals surface area contributed by atoms with E-state index in [2.05, 4.69) is 21.0 Å². The van der Waals surface area contributed by atoms with Gasteiger partial charge in [-0.05, 0) is 74.5 Å². The molecule has 5 aliphatic rings. The molecule has 5 aliphatic carbocycles. The van der Waals surface area contributed by atoms with Crippen LogP contribution in [0.1, 0.15) is 63.0 Å². The van der Waals surface area contributed by atoms with Crippen LogP contribution in [0.3, 0.4) is 0 Å². The number of carbonyl (C=O) groups is 1. The van der Waals surface area contributed by atoms with Crippen molar-refractivity contribution in [2.24, 2.45) is 23.2 Å². The summed E-state index contributed by atoms with van der Waals surface area (Å²) < 4.78 is 0. The van der Waals surface area contributed by atoms with Crippen molar-refractivity contribution in [1.82, 2.24) is 10.3 Å². The molecule has 0 saturated heterocycles. The second-order valence-electron chi connectivity index (χ2n) is 8.58. The maximum atomic E-state index is 12.2. The Kier molecular flexibility index (Phi) is 3.22. The van der Waals surface area contributed by atoms with Gasteiger partial charge in [-0.15, -0.1) is 11.3 Å². The average Bonchev–Trinajstić information content (AvgIpc) is 3.25. The minimum Gasteiger partial charge on any atom is -0.337 e. The van der Waals surface area contributed by atoms with Gasteiger partial charge in [-0.1, -0.05) is 0 Å². The highest BCUT2D eigenvalue weighted by Crippen LogP contribution is 2.59. The Labute approximate surface area is 141 Å². The van der Waals surface area contributed by atoms with Crippen LogP contribution >= 0.6 is 11.3 Å². The fourth-order valence-electron chi connectivity index (χ4n) is 5.83. The molecule has 0 aliphatic heterocycles. The van der Waals surface area contributed by atoms with Crippen molar-refractivity contribution in [3.05, 3.63) is 11.1 Å². The topological polar surface area (TPSA) is 54.0 Å². The minimum absolute atomic E-state index is 0.0718. The van der Waals surface area contributed by atoms with Crippen LogP contribution < -0.4 is 10.6 Å². The van der Waals surface area contributed by atoms with Crippen LogP contribution in [-0.2, 0) is 0 Å². The number of aromatic nitrogens is 1. The molecule has 5 fully saturated rings. The lowest BCUT2D eigenvalue weighted by molar-refractivity contribution is -0.0496. The van der Waals surface area contributed by atoms with E-state index in [9.17, 15) is 4.79 Å². The zero-order valence-electron chi connectivity index (χ0n) is 13.5. The lowest BCUT2D eigenvalue weighted by Gasteiger charge is -2.56. The van der Waals surface area contributed by atoms with E-state index >= 15 is 0 Å². The highest BCUT2D eigenvalue weighted by atomic mass is 32.1. The molecule has 1 aromatic rings. The van der Waals surface area contributed by atoms with Crippen molar-refractivity contribution >= 4 is 22.5 Å². The van der Waals surface area contributed by atoms with E-state index in [4.69, 9.17) is 0 Å². The smallest absolute Gasteiger partial charge is 0.321 e. The Balaban J connectivity index is 1.18. The van der Waals surface area contributed by atoms with Crippen molar-refractivity contribution in [2.75, 3.05) is 11.9 Å². The van der Waals surface area contributed by atoms with Gasteiger partial charge in [-0.2, -0.15) is 0 Å². The third-order valence-corrected chi connectivity index (χ3v) is 7.30. The number of urea groups is 1. The average molecular weight is 331 g/mol. The first-order chi connectivity index (χ1) is 11.2. The van der Waals surface area contributed by atoms with Gasteiger partial charge >= 0.3 is 6.03 Å². The molecule has 6 rings (SSSR count). The van der Waals surface area contributed by atoms with Crippen molar-refractivity contribution in [3.8, 4) is 0 Å². The van der Waals surface area contributed by atoms with Gasteiger partial charge in [-0.25, -0.2) is 9.78 Å². The van der Waals surface area contributed by atoms with Gasteiger partial charge < -0.3 is 5.32 Å². The molecule has 0 spiro atoms. The largest absolute Gasteiger partial charge is 0.337 e. The van der Waals surface area contributed by atoms with E-state index in [-0.39, 0.29) is 6.03 Å². The molecule has 4 bridgehead atoms. The lowest BCUT2D eigenvalue weighted by atomic mass is 9.49. The van der Waals surface area contributed by atoms with Crippen molar-refractivity contribution in [2.45, 2.75) is 57.3 Å². The van der Waals surface area contributed by atoms with Gasteiger partial charge in [0, 0.05) is 17.8 Å². The first-order valence-electron chi connectivity index (χ1n) is 9.18. The number of rotatable bonds is 4. The molecular formula is C18H25N3OS. The maximum Gasteiger partial charge on any atom is 0.321 e. The highest BCUT2D eigenvalue weighted by Gasteiger charge is 2.50. The Morgan fingerprint density at radius 3 is 2.43 bits per heavy atom. The third-order valence-electron chi connectivity index (χ3n) is 6.53. The number of nitrogens with zero attached hydrogens (tertiary/aromatic N) is 1. The number of carbonyl (C=O) groups excluding carboxylic acids is 1.